The minimum atomic E-state index is -0.456. The maximum Gasteiger partial charge on any atom is 0.330 e. The molecule has 23 heavy (non-hydrogen) atoms. The molecule has 0 radical (unpaired) electrons. The number of carbonyl (C=O) groups is 2. The van der Waals surface area contributed by atoms with Crippen molar-refractivity contribution < 1.29 is 19.1 Å². The topological polar surface area (TPSA) is 64.6 Å². The van der Waals surface area contributed by atoms with Crippen molar-refractivity contribution in [3.8, 4) is 0 Å². The molecule has 7 heteroatoms. The van der Waals surface area contributed by atoms with Crippen molar-refractivity contribution in [3.05, 3.63) is 0 Å². The number of unbranched alkanes of at least 4 members (excludes halogenated alkanes) is 2. The summed E-state index contributed by atoms with van der Waals surface area (Å²) in [5, 5.41) is 3.33. The van der Waals surface area contributed by atoms with Crippen LogP contribution in [0, 0.1) is 5.92 Å². The molecule has 0 bridgehead atoms. The molecule has 0 aromatic carbocycles. The van der Waals surface area contributed by atoms with Crippen LogP contribution in [0.2, 0.25) is 0 Å². The van der Waals surface area contributed by atoms with Crippen LogP contribution in [0.4, 0.5) is 0 Å². The quantitative estimate of drug-likeness (QED) is 0.326. The minimum absolute atomic E-state index is 0.133. The number of hydrogen-bond donors (Lipinski definition) is 1. The molecule has 0 aliphatic carbocycles. The van der Waals surface area contributed by atoms with E-state index < -0.39 is 9.34 Å². The van der Waals surface area contributed by atoms with Crippen LogP contribution in [-0.4, -0.2) is 41.0 Å². The van der Waals surface area contributed by atoms with E-state index in [2.05, 4.69) is 37.2 Å². The van der Waals surface area contributed by atoms with Gasteiger partial charge in [-0.1, -0.05) is 31.9 Å². The predicted octanol–water partition coefficient (Wildman–Crippen LogP) is 3.53. The van der Waals surface area contributed by atoms with Crippen LogP contribution >= 0.6 is 31.9 Å². The van der Waals surface area contributed by atoms with E-state index in [1.54, 1.807) is 0 Å². The van der Waals surface area contributed by atoms with Gasteiger partial charge >= 0.3 is 11.9 Å². The first-order valence-electron chi connectivity index (χ1n) is 8.20. The lowest BCUT2D eigenvalue weighted by Gasteiger charge is -2.36. The molecule has 0 aromatic heterocycles. The van der Waals surface area contributed by atoms with Crippen molar-refractivity contribution in [1.29, 1.82) is 0 Å². The molecule has 1 aliphatic rings. The lowest BCUT2D eigenvalue weighted by Crippen LogP contribution is -2.42. The second kappa shape index (κ2) is 10.7. The van der Waals surface area contributed by atoms with Gasteiger partial charge in [-0.25, -0.2) is 4.79 Å². The van der Waals surface area contributed by atoms with E-state index in [-0.39, 0.29) is 11.9 Å². The first-order valence-corrected chi connectivity index (χ1v) is 10.0. The van der Waals surface area contributed by atoms with Gasteiger partial charge in [0.25, 0.3) is 0 Å². The minimum Gasteiger partial charge on any atom is -0.464 e. The van der Waals surface area contributed by atoms with E-state index in [4.69, 9.17) is 9.47 Å². The predicted molar refractivity (Wildman–Crippen MR) is 96.8 cm³/mol. The largest absolute Gasteiger partial charge is 0.464 e. The van der Waals surface area contributed by atoms with Gasteiger partial charge in [0.15, 0.2) is 3.74 Å². The Morgan fingerprint density at radius 2 is 1.83 bits per heavy atom. The van der Waals surface area contributed by atoms with Crippen molar-refractivity contribution in [3.63, 3.8) is 0 Å². The van der Waals surface area contributed by atoms with Gasteiger partial charge in [0, 0.05) is 12.3 Å². The third-order valence-corrected chi connectivity index (χ3v) is 4.89. The van der Waals surface area contributed by atoms with Crippen LogP contribution < -0.4 is 5.32 Å². The summed E-state index contributed by atoms with van der Waals surface area (Å²) in [6.07, 6.45) is 4.86. The summed E-state index contributed by atoms with van der Waals surface area (Å²) in [5.74, 6) is -0.0341. The number of hydrogen-bond acceptors (Lipinski definition) is 5. The van der Waals surface area contributed by atoms with Crippen molar-refractivity contribution in [2.75, 3.05) is 19.7 Å². The summed E-state index contributed by atoms with van der Waals surface area (Å²) >= 11 is 6.16. The van der Waals surface area contributed by atoms with Crippen LogP contribution in [0.15, 0.2) is 0 Å². The number of ether oxygens (including phenoxy) is 2. The lowest BCUT2D eigenvalue weighted by molar-refractivity contribution is -0.163. The van der Waals surface area contributed by atoms with Crippen LogP contribution in [0.25, 0.3) is 0 Å². The molecule has 1 heterocycles. The van der Waals surface area contributed by atoms with E-state index in [9.17, 15) is 9.59 Å². The molecule has 1 saturated heterocycles. The molecule has 0 spiro atoms. The first-order chi connectivity index (χ1) is 10.8. The van der Waals surface area contributed by atoms with E-state index in [1.807, 2.05) is 13.8 Å². The van der Waals surface area contributed by atoms with Gasteiger partial charge in [-0.15, -0.1) is 0 Å². The van der Waals surface area contributed by atoms with Crippen molar-refractivity contribution in [2.24, 2.45) is 5.92 Å². The fourth-order valence-electron chi connectivity index (χ4n) is 2.73. The van der Waals surface area contributed by atoms with Crippen molar-refractivity contribution in [2.45, 2.75) is 61.7 Å². The third-order valence-electron chi connectivity index (χ3n) is 4.15. The molecule has 1 aliphatic heterocycles. The average Bonchev–Trinajstić information content (AvgIpc) is 2.50. The number of esters is 2. The number of alkyl halides is 2. The normalized spacial score (nSPS) is 16.4. The molecular formula is C16H27Br2NO4. The van der Waals surface area contributed by atoms with Gasteiger partial charge in [0.05, 0.1) is 6.61 Å². The molecule has 0 unspecified atom stereocenters. The zero-order valence-electron chi connectivity index (χ0n) is 13.9. The second-order valence-electron chi connectivity index (χ2n) is 6.38. The highest BCUT2D eigenvalue weighted by Crippen LogP contribution is 2.29. The summed E-state index contributed by atoms with van der Waals surface area (Å²) in [6.45, 7) is 6.39. The standard InChI is InChI=1S/C16H27Br2NO4/c1-16(2,12-7-9-19-10-8-12)23-13(20)6-4-3-5-11-22-15(21)14(17)18/h12,14,19H,3-11H2,1-2H3. The van der Waals surface area contributed by atoms with Crippen LogP contribution in [-0.2, 0) is 19.1 Å². The fourth-order valence-corrected chi connectivity index (χ4v) is 2.99. The van der Waals surface area contributed by atoms with E-state index in [0.717, 1.165) is 45.2 Å². The Balaban J connectivity index is 2.13. The molecular weight excluding hydrogens is 430 g/mol. The lowest BCUT2D eigenvalue weighted by atomic mass is 9.83. The highest BCUT2D eigenvalue weighted by molar-refractivity contribution is 9.25. The number of nitrogens with one attached hydrogen (secondary N) is 1. The van der Waals surface area contributed by atoms with Crippen LogP contribution in [0.3, 0.4) is 0 Å². The van der Waals surface area contributed by atoms with Gasteiger partial charge in [0.1, 0.15) is 5.60 Å². The second-order valence-corrected chi connectivity index (χ2v) is 9.44. The molecule has 134 valence electrons. The monoisotopic (exact) mass is 455 g/mol. The van der Waals surface area contributed by atoms with E-state index in [0.29, 0.717) is 18.9 Å². The zero-order chi connectivity index (χ0) is 17.3. The van der Waals surface area contributed by atoms with E-state index >= 15 is 0 Å². The van der Waals surface area contributed by atoms with E-state index in [1.165, 1.54) is 0 Å². The molecule has 1 rings (SSSR count). The van der Waals surface area contributed by atoms with Crippen LogP contribution in [0.5, 0.6) is 0 Å². The molecule has 1 fully saturated rings. The summed E-state index contributed by atoms with van der Waals surface area (Å²) in [4.78, 5) is 23.2. The Morgan fingerprint density at radius 3 is 2.43 bits per heavy atom. The van der Waals surface area contributed by atoms with Gasteiger partial charge in [0.2, 0.25) is 0 Å². The molecule has 1 N–H and O–H groups in total. The molecule has 0 atom stereocenters. The SMILES string of the molecule is CC(C)(OC(=O)CCCCCOC(=O)C(Br)Br)C1CCNCC1. The Kier molecular flexibility index (Phi) is 9.70. The number of halogens is 2. The van der Waals surface area contributed by atoms with Crippen molar-refractivity contribution in [1.82, 2.24) is 5.32 Å². The smallest absolute Gasteiger partial charge is 0.330 e. The molecule has 0 amide bonds. The zero-order valence-corrected chi connectivity index (χ0v) is 17.1. The molecule has 0 saturated carbocycles. The summed E-state index contributed by atoms with van der Waals surface area (Å²) in [7, 11) is 0. The van der Waals surface area contributed by atoms with Crippen molar-refractivity contribution >= 4 is 43.8 Å². The summed E-state index contributed by atoms with van der Waals surface area (Å²) in [6, 6.07) is 0. The van der Waals surface area contributed by atoms with Gasteiger partial charge < -0.3 is 14.8 Å². The number of piperidine rings is 1. The summed E-state index contributed by atoms with van der Waals surface area (Å²) in [5.41, 5.74) is -0.393. The third kappa shape index (κ3) is 8.49. The Morgan fingerprint density at radius 1 is 1.17 bits per heavy atom. The molecule has 5 nitrogen and oxygen atoms in total. The van der Waals surface area contributed by atoms with Gasteiger partial charge in [-0.3, -0.25) is 4.79 Å². The van der Waals surface area contributed by atoms with Crippen LogP contribution in [0.1, 0.15) is 52.4 Å². The van der Waals surface area contributed by atoms with Gasteiger partial charge in [-0.05, 0) is 59.0 Å². The molecule has 0 aromatic rings. The Hall–Kier alpha value is -0.140. The maximum atomic E-state index is 12.0. The highest BCUT2D eigenvalue weighted by Gasteiger charge is 2.33. The first kappa shape index (κ1) is 20.9. The Labute approximate surface area is 155 Å². The maximum absolute atomic E-state index is 12.0. The number of carbonyl (C=O) groups excluding carboxylic acids is 2. The number of rotatable bonds is 9. The Bertz CT molecular complexity index is 382. The average molecular weight is 457 g/mol. The van der Waals surface area contributed by atoms with Gasteiger partial charge in [-0.2, -0.15) is 0 Å². The fraction of sp³-hybridized carbons (Fsp3) is 0.875. The highest BCUT2D eigenvalue weighted by atomic mass is 79.9. The summed E-state index contributed by atoms with van der Waals surface area (Å²) < 4.78 is 10.2.